The quantitative estimate of drug-likeness (QED) is 0.732. The minimum absolute atomic E-state index is 0.0278. The van der Waals surface area contributed by atoms with Crippen LogP contribution in [0, 0.1) is 5.92 Å². The number of benzene rings is 1. The van der Waals surface area contributed by atoms with E-state index in [1.165, 1.54) is 0 Å². The molecule has 1 aromatic carbocycles. The summed E-state index contributed by atoms with van der Waals surface area (Å²) in [6.45, 7) is 0.107. The number of carbonyl (C=O) groups is 1. The Morgan fingerprint density at radius 3 is 3.00 bits per heavy atom. The number of nitrogens with one attached hydrogen (secondary N) is 1. The van der Waals surface area contributed by atoms with Crippen molar-refractivity contribution < 1.29 is 9.90 Å². The summed E-state index contributed by atoms with van der Waals surface area (Å²) in [6.07, 6.45) is 2.88. The lowest BCUT2D eigenvalue weighted by atomic mass is 10.0. The summed E-state index contributed by atoms with van der Waals surface area (Å²) in [5, 5.41) is 12.4. The van der Waals surface area contributed by atoms with Gasteiger partial charge in [-0.1, -0.05) is 24.1 Å². The van der Waals surface area contributed by atoms with E-state index in [2.05, 4.69) is 5.32 Å². The number of rotatable bonds is 3. The molecule has 0 bridgehead atoms. The zero-order chi connectivity index (χ0) is 13.1. The molecule has 2 unspecified atom stereocenters. The molecule has 2 rings (SSSR count). The molecule has 0 saturated heterocycles. The van der Waals surface area contributed by atoms with Gasteiger partial charge in [-0.25, -0.2) is 0 Å². The lowest BCUT2D eigenvalue weighted by Crippen LogP contribution is -2.38. The molecule has 5 heteroatoms. The molecule has 0 spiro atoms. The van der Waals surface area contributed by atoms with E-state index in [9.17, 15) is 9.90 Å². The first-order valence-corrected chi connectivity index (χ1v) is 6.47. The van der Waals surface area contributed by atoms with Gasteiger partial charge < -0.3 is 16.2 Å². The second kappa shape index (κ2) is 5.59. The van der Waals surface area contributed by atoms with Gasteiger partial charge in [0.1, 0.15) is 0 Å². The monoisotopic (exact) mass is 268 g/mol. The van der Waals surface area contributed by atoms with Crippen molar-refractivity contribution in [2.24, 2.45) is 5.92 Å². The number of nitrogen functional groups attached to an aromatic ring is 1. The van der Waals surface area contributed by atoms with E-state index >= 15 is 0 Å². The van der Waals surface area contributed by atoms with Crippen LogP contribution in [0.1, 0.15) is 29.6 Å². The fourth-order valence-corrected chi connectivity index (χ4v) is 2.63. The Morgan fingerprint density at radius 1 is 1.50 bits per heavy atom. The largest absolute Gasteiger partial charge is 0.398 e. The topological polar surface area (TPSA) is 75.4 Å². The number of anilines is 1. The summed E-state index contributed by atoms with van der Waals surface area (Å²) in [5.74, 6) is -0.0774. The normalized spacial score (nSPS) is 23.0. The van der Waals surface area contributed by atoms with Crippen molar-refractivity contribution in [2.75, 3.05) is 12.3 Å². The summed E-state index contributed by atoms with van der Waals surface area (Å²) in [7, 11) is 0. The van der Waals surface area contributed by atoms with E-state index in [0.717, 1.165) is 19.3 Å². The van der Waals surface area contributed by atoms with Crippen LogP contribution in [0.25, 0.3) is 0 Å². The zero-order valence-corrected chi connectivity index (χ0v) is 10.8. The molecule has 1 fully saturated rings. The lowest BCUT2D eigenvalue weighted by molar-refractivity contribution is 0.0916. The van der Waals surface area contributed by atoms with E-state index < -0.39 is 0 Å². The van der Waals surface area contributed by atoms with Gasteiger partial charge in [0.05, 0.1) is 16.3 Å². The van der Waals surface area contributed by atoms with Crippen molar-refractivity contribution in [1.82, 2.24) is 5.32 Å². The summed E-state index contributed by atoms with van der Waals surface area (Å²) in [4.78, 5) is 12.1. The molecule has 98 valence electrons. The second-order valence-corrected chi connectivity index (χ2v) is 5.04. The summed E-state index contributed by atoms with van der Waals surface area (Å²) < 4.78 is 0. The predicted molar refractivity (Wildman–Crippen MR) is 71.5 cm³/mol. The number of hydrogen-bond acceptors (Lipinski definition) is 3. The maximum Gasteiger partial charge on any atom is 0.253 e. The van der Waals surface area contributed by atoms with Crippen molar-refractivity contribution in [2.45, 2.75) is 25.3 Å². The van der Waals surface area contributed by atoms with E-state index in [-0.39, 0.29) is 29.5 Å². The zero-order valence-electron chi connectivity index (χ0n) is 10.0. The highest BCUT2D eigenvalue weighted by atomic mass is 35.5. The first-order valence-electron chi connectivity index (χ1n) is 6.09. The number of aliphatic hydroxyl groups is 1. The Hall–Kier alpha value is -1.26. The van der Waals surface area contributed by atoms with E-state index in [1.807, 2.05) is 0 Å². The van der Waals surface area contributed by atoms with Crippen LogP contribution in [0.5, 0.6) is 0 Å². The molecule has 4 N–H and O–H groups in total. The van der Waals surface area contributed by atoms with Gasteiger partial charge in [-0.05, 0) is 25.0 Å². The van der Waals surface area contributed by atoms with Crippen LogP contribution in [-0.2, 0) is 0 Å². The molecule has 0 heterocycles. The fourth-order valence-electron chi connectivity index (χ4n) is 2.42. The smallest absolute Gasteiger partial charge is 0.253 e. The average molecular weight is 269 g/mol. The Bertz CT molecular complexity index is 451. The third-order valence-corrected chi connectivity index (χ3v) is 3.91. The van der Waals surface area contributed by atoms with E-state index in [0.29, 0.717) is 11.3 Å². The minimum atomic E-state index is -0.224. The summed E-state index contributed by atoms with van der Waals surface area (Å²) in [5.41, 5.74) is 6.45. The van der Waals surface area contributed by atoms with Crippen LogP contribution in [0.3, 0.4) is 0 Å². The van der Waals surface area contributed by atoms with E-state index in [4.69, 9.17) is 17.3 Å². The Morgan fingerprint density at radius 2 is 2.28 bits per heavy atom. The third kappa shape index (κ3) is 2.60. The highest BCUT2D eigenvalue weighted by Gasteiger charge is 2.28. The van der Waals surface area contributed by atoms with Crippen LogP contribution in [0.4, 0.5) is 5.69 Å². The first-order chi connectivity index (χ1) is 8.63. The number of aliphatic hydroxyl groups excluding tert-OH is 1. The van der Waals surface area contributed by atoms with Gasteiger partial charge in [0.25, 0.3) is 5.91 Å². The van der Waals surface area contributed by atoms with Crippen LogP contribution in [0.15, 0.2) is 18.2 Å². The molecule has 1 aliphatic carbocycles. The molecule has 1 aromatic rings. The molecule has 4 nitrogen and oxygen atoms in total. The molecule has 1 amide bonds. The minimum Gasteiger partial charge on any atom is -0.398 e. The summed E-state index contributed by atoms with van der Waals surface area (Å²) >= 11 is 6.01. The highest BCUT2D eigenvalue weighted by Crippen LogP contribution is 2.27. The number of halogens is 1. The van der Waals surface area contributed by atoms with Crippen molar-refractivity contribution in [3.8, 4) is 0 Å². The number of hydrogen-bond donors (Lipinski definition) is 3. The molecule has 0 aliphatic heterocycles. The first kappa shape index (κ1) is 13.2. The van der Waals surface area contributed by atoms with Gasteiger partial charge in [-0.3, -0.25) is 4.79 Å². The third-order valence-electron chi connectivity index (χ3n) is 3.48. The fraction of sp³-hybridized carbons (Fsp3) is 0.462. The predicted octanol–water partition coefficient (Wildman–Crippen LogP) is 1.81. The maximum atomic E-state index is 12.1. The molecule has 1 aliphatic rings. The Balaban J connectivity index is 2.10. The number of amides is 1. The standard InChI is InChI=1S/C13H17ClN2O2/c14-12-9(4-2-5-10(12)15)13(18)16-11-6-1-3-8(11)7-17/h2,4-5,8,11,17H,1,3,6-7,15H2,(H,16,18). The maximum absolute atomic E-state index is 12.1. The Labute approximate surface area is 111 Å². The molecule has 0 radical (unpaired) electrons. The molecular weight excluding hydrogens is 252 g/mol. The van der Waals surface area contributed by atoms with Gasteiger partial charge in [0.2, 0.25) is 0 Å². The lowest BCUT2D eigenvalue weighted by Gasteiger charge is -2.19. The number of nitrogens with two attached hydrogens (primary N) is 1. The SMILES string of the molecule is Nc1cccc(C(=O)NC2CCCC2CO)c1Cl. The van der Waals surface area contributed by atoms with Crippen molar-refractivity contribution in [3.63, 3.8) is 0 Å². The van der Waals surface area contributed by atoms with Gasteiger partial charge in [0.15, 0.2) is 0 Å². The van der Waals surface area contributed by atoms with Crippen LogP contribution in [0.2, 0.25) is 5.02 Å². The van der Waals surface area contributed by atoms with Gasteiger partial charge in [0, 0.05) is 18.6 Å². The van der Waals surface area contributed by atoms with Gasteiger partial charge in [-0.2, -0.15) is 0 Å². The highest BCUT2D eigenvalue weighted by molar-refractivity contribution is 6.36. The number of carbonyl (C=O) groups excluding carboxylic acids is 1. The molecule has 18 heavy (non-hydrogen) atoms. The van der Waals surface area contributed by atoms with Crippen LogP contribution >= 0.6 is 11.6 Å². The molecule has 1 saturated carbocycles. The van der Waals surface area contributed by atoms with E-state index in [1.54, 1.807) is 18.2 Å². The van der Waals surface area contributed by atoms with Crippen LogP contribution in [-0.4, -0.2) is 23.7 Å². The van der Waals surface area contributed by atoms with Gasteiger partial charge in [-0.15, -0.1) is 0 Å². The second-order valence-electron chi connectivity index (χ2n) is 4.66. The van der Waals surface area contributed by atoms with Crippen molar-refractivity contribution in [1.29, 1.82) is 0 Å². The van der Waals surface area contributed by atoms with Crippen molar-refractivity contribution in [3.05, 3.63) is 28.8 Å². The van der Waals surface area contributed by atoms with Crippen LogP contribution < -0.4 is 11.1 Å². The van der Waals surface area contributed by atoms with Gasteiger partial charge >= 0.3 is 0 Å². The van der Waals surface area contributed by atoms with Crippen molar-refractivity contribution >= 4 is 23.2 Å². The molecule has 0 aromatic heterocycles. The summed E-state index contributed by atoms with van der Waals surface area (Å²) in [6, 6.07) is 5.04. The Kier molecular flexibility index (Phi) is 4.09. The molecule has 2 atom stereocenters. The molecular formula is C13H17ClN2O2. The average Bonchev–Trinajstić information content (AvgIpc) is 2.79.